The lowest BCUT2D eigenvalue weighted by molar-refractivity contribution is 0.375. The molecule has 0 aliphatic carbocycles. The van der Waals surface area contributed by atoms with E-state index in [4.69, 9.17) is 0 Å². The predicted octanol–water partition coefficient (Wildman–Crippen LogP) is 1.37. The molecular formula is C11H25ClN2O2S. The fourth-order valence-electron chi connectivity index (χ4n) is 1.81. The van der Waals surface area contributed by atoms with Gasteiger partial charge < -0.3 is 5.32 Å². The van der Waals surface area contributed by atoms with Crippen LogP contribution in [0.3, 0.4) is 0 Å². The van der Waals surface area contributed by atoms with Gasteiger partial charge in [0.25, 0.3) is 0 Å². The van der Waals surface area contributed by atoms with Crippen LogP contribution in [-0.4, -0.2) is 33.8 Å². The lowest BCUT2D eigenvalue weighted by atomic mass is 10.0. The molecular weight excluding hydrogens is 260 g/mol. The van der Waals surface area contributed by atoms with E-state index in [1.54, 1.807) is 0 Å². The van der Waals surface area contributed by atoms with Gasteiger partial charge in [-0.15, -0.1) is 12.4 Å². The van der Waals surface area contributed by atoms with Crippen molar-refractivity contribution < 1.29 is 8.42 Å². The summed E-state index contributed by atoms with van der Waals surface area (Å²) in [5.41, 5.74) is 0. The smallest absolute Gasteiger partial charge is 0.211 e. The summed E-state index contributed by atoms with van der Waals surface area (Å²) in [6.45, 7) is 6.68. The first-order valence-electron chi connectivity index (χ1n) is 6.17. The number of halogens is 1. The third kappa shape index (κ3) is 7.97. The van der Waals surface area contributed by atoms with Crippen molar-refractivity contribution >= 4 is 22.4 Å². The minimum absolute atomic E-state index is 0. The summed E-state index contributed by atoms with van der Waals surface area (Å²) in [7, 11) is -3.05. The summed E-state index contributed by atoms with van der Waals surface area (Å²) in [5, 5.41) is 3.29. The van der Waals surface area contributed by atoms with Gasteiger partial charge in [0, 0.05) is 6.54 Å². The molecule has 1 saturated heterocycles. The highest BCUT2D eigenvalue weighted by atomic mass is 35.5. The Kier molecular flexibility index (Phi) is 8.37. The van der Waals surface area contributed by atoms with E-state index in [9.17, 15) is 8.42 Å². The van der Waals surface area contributed by atoms with Gasteiger partial charge in [0.1, 0.15) is 0 Å². The van der Waals surface area contributed by atoms with Gasteiger partial charge in [0.2, 0.25) is 10.0 Å². The number of rotatable bonds is 6. The maximum atomic E-state index is 11.6. The van der Waals surface area contributed by atoms with Crippen molar-refractivity contribution in [3.05, 3.63) is 0 Å². The van der Waals surface area contributed by atoms with E-state index in [2.05, 4.69) is 10.0 Å². The first kappa shape index (κ1) is 17.2. The van der Waals surface area contributed by atoms with Crippen molar-refractivity contribution in [3.63, 3.8) is 0 Å². The van der Waals surface area contributed by atoms with Gasteiger partial charge in [-0.25, -0.2) is 13.1 Å². The second-order valence-corrected chi connectivity index (χ2v) is 6.99. The fraction of sp³-hybridized carbons (Fsp3) is 1.00. The lowest BCUT2D eigenvalue weighted by Gasteiger charge is -2.22. The molecule has 1 fully saturated rings. The molecule has 0 radical (unpaired) electrons. The Hall–Kier alpha value is 0.160. The Morgan fingerprint density at radius 2 is 2.12 bits per heavy atom. The molecule has 1 heterocycles. The van der Waals surface area contributed by atoms with Crippen LogP contribution in [0.25, 0.3) is 0 Å². The quantitative estimate of drug-likeness (QED) is 0.775. The monoisotopic (exact) mass is 284 g/mol. The average Bonchev–Trinajstić information content (AvgIpc) is 2.26. The number of hydrogen-bond donors (Lipinski definition) is 2. The van der Waals surface area contributed by atoms with Crippen molar-refractivity contribution in [2.45, 2.75) is 33.1 Å². The maximum Gasteiger partial charge on any atom is 0.211 e. The normalized spacial score (nSPS) is 21.2. The van der Waals surface area contributed by atoms with E-state index in [0.717, 1.165) is 32.4 Å². The molecule has 0 aromatic carbocycles. The van der Waals surface area contributed by atoms with Crippen LogP contribution < -0.4 is 10.0 Å². The molecule has 0 aromatic rings. The van der Waals surface area contributed by atoms with Gasteiger partial charge in [-0.05, 0) is 44.2 Å². The van der Waals surface area contributed by atoms with Crippen LogP contribution >= 0.6 is 12.4 Å². The van der Waals surface area contributed by atoms with Gasteiger partial charge in [-0.2, -0.15) is 0 Å². The zero-order valence-electron chi connectivity index (χ0n) is 10.7. The van der Waals surface area contributed by atoms with Gasteiger partial charge in [-0.1, -0.05) is 13.8 Å². The highest BCUT2D eigenvalue weighted by Crippen LogP contribution is 2.09. The molecule has 17 heavy (non-hydrogen) atoms. The van der Waals surface area contributed by atoms with Gasteiger partial charge in [0.05, 0.1) is 5.75 Å². The topological polar surface area (TPSA) is 58.2 Å². The van der Waals surface area contributed by atoms with Crippen molar-refractivity contribution in [2.75, 3.05) is 25.4 Å². The second kappa shape index (κ2) is 8.29. The van der Waals surface area contributed by atoms with Crippen molar-refractivity contribution in [1.82, 2.24) is 10.0 Å². The number of piperidine rings is 1. The molecule has 0 amide bonds. The Morgan fingerprint density at radius 1 is 1.41 bits per heavy atom. The first-order valence-corrected chi connectivity index (χ1v) is 7.83. The van der Waals surface area contributed by atoms with Crippen molar-refractivity contribution in [1.29, 1.82) is 0 Å². The van der Waals surface area contributed by atoms with Crippen LogP contribution in [0.5, 0.6) is 0 Å². The Labute approximate surface area is 111 Å². The van der Waals surface area contributed by atoms with E-state index < -0.39 is 10.0 Å². The van der Waals surface area contributed by atoms with E-state index in [-0.39, 0.29) is 18.2 Å². The number of sulfonamides is 1. The fourth-order valence-corrected chi connectivity index (χ4v) is 3.22. The van der Waals surface area contributed by atoms with E-state index >= 15 is 0 Å². The lowest BCUT2D eigenvalue weighted by Crippen LogP contribution is -2.38. The number of hydrogen-bond acceptors (Lipinski definition) is 3. The molecule has 1 atom stereocenters. The number of nitrogens with one attached hydrogen (secondary N) is 2. The second-order valence-electron chi connectivity index (χ2n) is 5.06. The molecule has 0 bridgehead atoms. The molecule has 6 heteroatoms. The molecule has 1 aliphatic rings. The Bertz CT molecular complexity index is 288. The zero-order chi connectivity index (χ0) is 12.0. The summed E-state index contributed by atoms with van der Waals surface area (Å²) in [6.07, 6.45) is 3.01. The molecule has 1 aliphatic heterocycles. The molecule has 0 spiro atoms. The molecule has 104 valence electrons. The molecule has 1 rings (SSSR count). The van der Waals surface area contributed by atoms with Gasteiger partial charge in [0.15, 0.2) is 0 Å². The van der Waals surface area contributed by atoms with Crippen molar-refractivity contribution in [2.24, 2.45) is 11.8 Å². The third-order valence-electron chi connectivity index (χ3n) is 2.95. The summed E-state index contributed by atoms with van der Waals surface area (Å²) in [5.74, 6) is 1.15. The summed E-state index contributed by atoms with van der Waals surface area (Å²) in [4.78, 5) is 0. The minimum atomic E-state index is -3.05. The summed E-state index contributed by atoms with van der Waals surface area (Å²) >= 11 is 0. The van der Waals surface area contributed by atoms with Crippen LogP contribution in [0.15, 0.2) is 0 Å². The molecule has 1 unspecified atom stereocenters. The van der Waals surface area contributed by atoms with Crippen LogP contribution in [0.2, 0.25) is 0 Å². The van der Waals surface area contributed by atoms with Crippen LogP contribution in [-0.2, 0) is 10.0 Å². The average molecular weight is 285 g/mol. The highest BCUT2D eigenvalue weighted by Gasteiger charge is 2.16. The Morgan fingerprint density at radius 3 is 2.65 bits per heavy atom. The molecule has 0 aromatic heterocycles. The van der Waals surface area contributed by atoms with E-state index in [1.165, 1.54) is 0 Å². The molecule has 4 nitrogen and oxygen atoms in total. The van der Waals surface area contributed by atoms with Gasteiger partial charge in [-0.3, -0.25) is 0 Å². The van der Waals surface area contributed by atoms with Crippen LogP contribution in [0.1, 0.15) is 33.1 Å². The van der Waals surface area contributed by atoms with Gasteiger partial charge >= 0.3 is 0 Å². The first-order chi connectivity index (χ1) is 7.49. The summed E-state index contributed by atoms with van der Waals surface area (Å²) < 4.78 is 26.0. The molecule has 2 N–H and O–H groups in total. The SMILES string of the molecule is CC(C)CCS(=O)(=O)NCC1CCCNC1.Cl. The predicted molar refractivity (Wildman–Crippen MR) is 74.1 cm³/mol. The maximum absolute atomic E-state index is 11.6. The molecule has 0 saturated carbocycles. The largest absolute Gasteiger partial charge is 0.316 e. The highest BCUT2D eigenvalue weighted by molar-refractivity contribution is 7.89. The van der Waals surface area contributed by atoms with Crippen LogP contribution in [0, 0.1) is 11.8 Å². The zero-order valence-corrected chi connectivity index (χ0v) is 12.4. The third-order valence-corrected chi connectivity index (χ3v) is 4.33. The van der Waals surface area contributed by atoms with E-state index in [0.29, 0.717) is 18.4 Å². The summed E-state index contributed by atoms with van der Waals surface area (Å²) in [6, 6.07) is 0. The standard InChI is InChI=1S/C11H24N2O2S.ClH/c1-10(2)5-7-16(14,15)13-9-11-4-3-6-12-8-11;/h10-13H,3-9H2,1-2H3;1H. The minimum Gasteiger partial charge on any atom is -0.316 e. The van der Waals surface area contributed by atoms with Crippen molar-refractivity contribution in [3.8, 4) is 0 Å². The van der Waals surface area contributed by atoms with Crippen LogP contribution in [0.4, 0.5) is 0 Å². The van der Waals surface area contributed by atoms with E-state index in [1.807, 2.05) is 13.8 Å². The Balaban J connectivity index is 0.00000256.